The van der Waals surface area contributed by atoms with Crippen molar-refractivity contribution in [2.45, 2.75) is 52.7 Å². The fourth-order valence-electron chi connectivity index (χ4n) is 3.16. The van der Waals surface area contributed by atoms with Crippen LogP contribution in [0.4, 0.5) is 5.69 Å². The van der Waals surface area contributed by atoms with Gasteiger partial charge in [-0.15, -0.1) is 0 Å². The van der Waals surface area contributed by atoms with E-state index in [1.165, 1.54) is 30.8 Å². The van der Waals surface area contributed by atoms with Gasteiger partial charge in [-0.2, -0.15) is 0 Å². The SMILES string of the molecule is CC(C)NCCCNCc1ccc(N2CCN(C(C)C)CC2)cc1. The molecular formula is C20H36N4. The first-order valence-electron chi connectivity index (χ1n) is 9.58. The fraction of sp³-hybridized carbons (Fsp3) is 0.700. The molecule has 0 unspecified atom stereocenters. The van der Waals surface area contributed by atoms with Crippen LogP contribution in [0, 0.1) is 0 Å². The van der Waals surface area contributed by atoms with Crippen LogP contribution in [0.2, 0.25) is 0 Å². The predicted molar refractivity (Wildman–Crippen MR) is 105 cm³/mol. The molecule has 4 heteroatoms. The topological polar surface area (TPSA) is 30.5 Å². The minimum Gasteiger partial charge on any atom is -0.369 e. The predicted octanol–water partition coefficient (Wildman–Crippen LogP) is 2.69. The van der Waals surface area contributed by atoms with Crippen molar-refractivity contribution in [3.63, 3.8) is 0 Å². The molecule has 0 atom stereocenters. The van der Waals surface area contributed by atoms with Crippen LogP contribution < -0.4 is 15.5 Å². The van der Waals surface area contributed by atoms with E-state index in [0.29, 0.717) is 12.1 Å². The summed E-state index contributed by atoms with van der Waals surface area (Å²) in [6, 6.07) is 10.3. The molecule has 0 bridgehead atoms. The van der Waals surface area contributed by atoms with Crippen LogP contribution in [0.5, 0.6) is 0 Å². The summed E-state index contributed by atoms with van der Waals surface area (Å²) >= 11 is 0. The van der Waals surface area contributed by atoms with Crippen LogP contribution in [0.15, 0.2) is 24.3 Å². The molecule has 24 heavy (non-hydrogen) atoms. The van der Waals surface area contributed by atoms with Crippen molar-refractivity contribution in [3.05, 3.63) is 29.8 Å². The van der Waals surface area contributed by atoms with Crippen LogP contribution in [-0.2, 0) is 6.54 Å². The molecule has 1 saturated heterocycles. The van der Waals surface area contributed by atoms with Crippen molar-refractivity contribution in [2.24, 2.45) is 0 Å². The number of nitrogens with zero attached hydrogens (tertiary/aromatic N) is 2. The van der Waals surface area contributed by atoms with Crippen molar-refractivity contribution >= 4 is 5.69 Å². The molecule has 0 spiro atoms. The average Bonchev–Trinajstić information content (AvgIpc) is 2.58. The number of rotatable bonds is 9. The third-order valence-corrected chi connectivity index (χ3v) is 4.76. The monoisotopic (exact) mass is 332 g/mol. The Balaban J connectivity index is 1.68. The first kappa shape index (κ1) is 19.2. The molecule has 0 amide bonds. The average molecular weight is 333 g/mol. The summed E-state index contributed by atoms with van der Waals surface area (Å²) in [5.74, 6) is 0. The normalized spacial score (nSPS) is 16.3. The Morgan fingerprint density at radius 1 is 0.917 bits per heavy atom. The van der Waals surface area contributed by atoms with Gasteiger partial charge in [0.2, 0.25) is 0 Å². The largest absolute Gasteiger partial charge is 0.369 e. The molecule has 1 heterocycles. The van der Waals surface area contributed by atoms with Crippen LogP contribution in [0.3, 0.4) is 0 Å². The van der Waals surface area contributed by atoms with Gasteiger partial charge in [0.05, 0.1) is 0 Å². The molecule has 1 aromatic rings. The van der Waals surface area contributed by atoms with E-state index in [2.05, 4.69) is 72.4 Å². The van der Waals surface area contributed by atoms with Gasteiger partial charge in [0.25, 0.3) is 0 Å². The minimum absolute atomic E-state index is 0.583. The van der Waals surface area contributed by atoms with E-state index in [4.69, 9.17) is 0 Å². The first-order chi connectivity index (χ1) is 11.6. The van der Waals surface area contributed by atoms with Crippen LogP contribution in [0.25, 0.3) is 0 Å². The summed E-state index contributed by atoms with van der Waals surface area (Å²) in [5.41, 5.74) is 2.74. The van der Waals surface area contributed by atoms with Crippen LogP contribution >= 0.6 is 0 Å². The Hall–Kier alpha value is -1.10. The lowest BCUT2D eigenvalue weighted by Crippen LogP contribution is -2.48. The summed E-state index contributed by atoms with van der Waals surface area (Å²) in [4.78, 5) is 5.07. The van der Waals surface area contributed by atoms with E-state index in [-0.39, 0.29) is 0 Å². The smallest absolute Gasteiger partial charge is 0.0367 e. The molecular weight excluding hydrogens is 296 g/mol. The number of anilines is 1. The highest BCUT2D eigenvalue weighted by Crippen LogP contribution is 2.18. The van der Waals surface area contributed by atoms with Gasteiger partial charge >= 0.3 is 0 Å². The lowest BCUT2D eigenvalue weighted by molar-refractivity contribution is 0.209. The zero-order valence-electron chi connectivity index (χ0n) is 16.0. The van der Waals surface area contributed by atoms with Crippen molar-refractivity contribution in [2.75, 3.05) is 44.2 Å². The molecule has 0 aromatic heterocycles. The molecule has 1 aromatic carbocycles. The fourth-order valence-corrected chi connectivity index (χ4v) is 3.16. The van der Waals surface area contributed by atoms with Crippen LogP contribution in [0.1, 0.15) is 39.7 Å². The lowest BCUT2D eigenvalue weighted by atomic mass is 10.1. The quantitative estimate of drug-likeness (QED) is 0.681. The Labute approximate surface area is 148 Å². The molecule has 4 nitrogen and oxygen atoms in total. The Bertz CT molecular complexity index is 447. The molecule has 1 fully saturated rings. The molecule has 0 radical (unpaired) electrons. The van der Waals surface area contributed by atoms with Crippen molar-refractivity contribution in [1.82, 2.24) is 15.5 Å². The Morgan fingerprint density at radius 2 is 1.58 bits per heavy atom. The number of benzene rings is 1. The second-order valence-corrected chi connectivity index (χ2v) is 7.42. The van der Waals surface area contributed by atoms with Gasteiger partial charge in [-0.05, 0) is 51.1 Å². The van der Waals surface area contributed by atoms with Gasteiger partial charge < -0.3 is 15.5 Å². The molecule has 0 saturated carbocycles. The molecule has 2 rings (SSSR count). The first-order valence-corrected chi connectivity index (χ1v) is 9.58. The molecule has 1 aliphatic heterocycles. The van der Waals surface area contributed by atoms with E-state index in [9.17, 15) is 0 Å². The molecule has 2 N–H and O–H groups in total. The highest BCUT2D eigenvalue weighted by molar-refractivity contribution is 5.48. The molecule has 1 aliphatic rings. The summed E-state index contributed by atoms with van der Waals surface area (Å²) in [6.45, 7) is 16.7. The van der Waals surface area contributed by atoms with Gasteiger partial charge in [0, 0.05) is 50.5 Å². The van der Waals surface area contributed by atoms with Crippen molar-refractivity contribution in [3.8, 4) is 0 Å². The zero-order valence-corrected chi connectivity index (χ0v) is 16.0. The standard InChI is InChI=1S/C20H36N4/c1-17(2)22-11-5-10-21-16-19-6-8-20(9-7-19)24-14-12-23(13-15-24)18(3)4/h6-9,17-18,21-22H,5,10-16H2,1-4H3. The Kier molecular flexibility index (Phi) is 8.03. The van der Waals surface area contributed by atoms with Gasteiger partial charge in [-0.25, -0.2) is 0 Å². The van der Waals surface area contributed by atoms with Gasteiger partial charge in [0.15, 0.2) is 0 Å². The molecule has 136 valence electrons. The summed E-state index contributed by atoms with van der Waals surface area (Å²) < 4.78 is 0. The Morgan fingerprint density at radius 3 is 2.17 bits per heavy atom. The highest BCUT2D eigenvalue weighted by Gasteiger charge is 2.18. The third kappa shape index (κ3) is 6.42. The summed E-state index contributed by atoms with van der Waals surface area (Å²) in [7, 11) is 0. The maximum Gasteiger partial charge on any atom is 0.0367 e. The maximum absolute atomic E-state index is 3.53. The third-order valence-electron chi connectivity index (χ3n) is 4.76. The van der Waals surface area contributed by atoms with Gasteiger partial charge in [-0.3, -0.25) is 4.90 Å². The number of piperazine rings is 1. The lowest BCUT2D eigenvalue weighted by Gasteiger charge is -2.38. The van der Waals surface area contributed by atoms with E-state index in [1.807, 2.05) is 0 Å². The highest BCUT2D eigenvalue weighted by atomic mass is 15.3. The minimum atomic E-state index is 0.583. The summed E-state index contributed by atoms with van der Waals surface area (Å²) in [5, 5.41) is 6.98. The van der Waals surface area contributed by atoms with E-state index >= 15 is 0 Å². The van der Waals surface area contributed by atoms with Crippen molar-refractivity contribution < 1.29 is 0 Å². The molecule has 0 aliphatic carbocycles. The maximum atomic E-state index is 3.53. The zero-order chi connectivity index (χ0) is 17.4. The number of hydrogen-bond acceptors (Lipinski definition) is 4. The van der Waals surface area contributed by atoms with Crippen LogP contribution in [-0.4, -0.2) is 56.3 Å². The second-order valence-electron chi connectivity index (χ2n) is 7.42. The van der Waals surface area contributed by atoms with E-state index < -0.39 is 0 Å². The number of nitrogens with one attached hydrogen (secondary N) is 2. The van der Waals surface area contributed by atoms with E-state index in [1.54, 1.807) is 0 Å². The summed E-state index contributed by atoms with van der Waals surface area (Å²) in [6.07, 6.45) is 1.18. The number of hydrogen-bond donors (Lipinski definition) is 2. The van der Waals surface area contributed by atoms with Crippen molar-refractivity contribution in [1.29, 1.82) is 0 Å². The second kappa shape index (κ2) is 10.0. The van der Waals surface area contributed by atoms with Gasteiger partial charge in [0.1, 0.15) is 0 Å². The van der Waals surface area contributed by atoms with E-state index in [0.717, 1.165) is 32.7 Å². The van der Waals surface area contributed by atoms with Gasteiger partial charge in [-0.1, -0.05) is 26.0 Å².